The highest BCUT2D eigenvalue weighted by atomic mass is 35.5. The number of fused-ring (bicyclic) bond motifs is 1. The van der Waals surface area contributed by atoms with Crippen LogP contribution in [0.25, 0.3) is 0 Å². The summed E-state index contributed by atoms with van der Waals surface area (Å²) >= 11 is 13.3. The minimum Gasteiger partial charge on any atom is -0.486 e. The second-order valence-corrected chi connectivity index (χ2v) is 12.0. The monoisotopic (exact) mass is 522 g/mol. The molecule has 0 spiro atoms. The summed E-state index contributed by atoms with van der Waals surface area (Å²) in [4.78, 5) is -0.0920. The van der Waals surface area contributed by atoms with Gasteiger partial charge in [-0.25, -0.2) is 16.8 Å². The van der Waals surface area contributed by atoms with Crippen LogP contribution in [-0.4, -0.2) is 35.8 Å². The Balaban J connectivity index is 1.68. The van der Waals surface area contributed by atoms with Crippen molar-refractivity contribution in [3.8, 4) is 11.5 Å². The first-order valence-electron chi connectivity index (χ1n) is 8.93. The third kappa shape index (κ3) is 4.85. The van der Waals surface area contributed by atoms with Crippen LogP contribution in [0, 0.1) is 0 Å². The molecule has 2 heterocycles. The largest absolute Gasteiger partial charge is 0.486 e. The Bertz CT molecular complexity index is 1280. The maximum atomic E-state index is 13.0. The van der Waals surface area contributed by atoms with Crippen molar-refractivity contribution >= 4 is 66.4 Å². The van der Waals surface area contributed by atoms with E-state index in [-0.39, 0.29) is 30.6 Å². The normalized spacial score (nSPS) is 16.0. The predicted octanol–water partition coefficient (Wildman–Crippen LogP) is 4.29. The second-order valence-electron chi connectivity index (χ2n) is 6.49. The van der Waals surface area contributed by atoms with Crippen molar-refractivity contribution in [2.24, 2.45) is 0 Å². The van der Waals surface area contributed by atoms with Crippen LogP contribution in [0.1, 0.15) is 6.42 Å². The third-order valence-electron chi connectivity index (χ3n) is 4.31. The lowest BCUT2D eigenvalue weighted by atomic mass is 10.3. The van der Waals surface area contributed by atoms with E-state index in [0.29, 0.717) is 36.9 Å². The van der Waals surface area contributed by atoms with Crippen LogP contribution in [0.5, 0.6) is 11.5 Å². The van der Waals surface area contributed by atoms with E-state index >= 15 is 0 Å². The smallest absolute Gasteiger partial charge is 0.267 e. The molecule has 0 saturated heterocycles. The topological polar surface area (TPSA) is 111 Å². The molecule has 2 aliphatic heterocycles. The van der Waals surface area contributed by atoms with Crippen LogP contribution in [-0.2, 0) is 20.0 Å². The van der Waals surface area contributed by atoms with E-state index in [2.05, 4.69) is 9.44 Å². The van der Waals surface area contributed by atoms with Crippen LogP contribution in [0.2, 0.25) is 10.0 Å². The van der Waals surface area contributed by atoms with Crippen LogP contribution in [0.3, 0.4) is 0 Å². The Morgan fingerprint density at radius 3 is 2.06 bits per heavy atom. The van der Waals surface area contributed by atoms with Crippen molar-refractivity contribution in [3.05, 3.63) is 50.7 Å². The Morgan fingerprint density at radius 1 is 0.839 bits per heavy atom. The summed E-state index contributed by atoms with van der Waals surface area (Å²) < 4.78 is 67.1. The molecule has 0 amide bonds. The van der Waals surface area contributed by atoms with Gasteiger partial charge in [0.05, 0.1) is 26.3 Å². The summed E-state index contributed by atoms with van der Waals surface area (Å²) in [6.07, 6.45) is 2.23. The van der Waals surface area contributed by atoms with E-state index in [0.717, 1.165) is 0 Å². The molecule has 0 unspecified atom stereocenters. The van der Waals surface area contributed by atoms with E-state index in [1.807, 2.05) is 0 Å². The van der Waals surface area contributed by atoms with Crippen LogP contribution in [0.4, 0.5) is 11.4 Å². The Kier molecular flexibility index (Phi) is 6.23. The van der Waals surface area contributed by atoms with Crippen LogP contribution in [0.15, 0.2) is 45.5 Å². The zero-order valence-corrected chi connectivity index (χ0v) is 19.7. The fraction of sp³-hybridized carbons (Fsp3) is 0.222. The zero-order valence-electron chi connectivity index (χ0n) is 15.7. The summed E-state index contributed by atoms with van der Waals surface area (Å²) in [5.41, 5.74) is -0.125. The zero-order chi connectivity index (χ0) is 22.2. The van der Waals surface area contributed by atoms with Gasteiger partial charge < -0.3 is 9.47 Å². The van der Waals surface area contributed by atoms with Gasteiger partial charge in [0.25, 0.3) is 20.0 Å². The highest BCUT2D eigenvalue weighted by Gasteiger charge is 2.25. The Hall–Kier alpha value is -1.79. The molecule has 0 fully saturated rings. The summed E-state index contributed by atoms with van der Waals surface area (Å²) in [5.74, 6) is 1.39. The first-order valence-corrected chi connectivity index (χ1v) is 13.6. The maximum Gasteiger partial charge on any atom is 0.267 e. The fourth-order valence-electron chi connectivity index (χ4n) is 2.89. The lowest BCUT2D eigenvalue weighted by Crippen LogP contribution is -2.19. The van der Waals surface area contributed by atoms with Gasteiger partial charge >= 0.3 is 0 Å². The first-order chi connectivity index (χ1) is 14.7. The van der Waals surface area contributed by atoms with E-state index < -0.39 is 20.0 Å². The number of hydrogen-bond acceptors (Lipinski definition) is 7. The van der Waals surface area contributed by atoms with Crippen LogP contribution < -0.4 is 18.9 Å². The number of rotatable bonds is 6. The van der Waals surface area contributed by atoms with Gasteiger partial charge in [0.15, 0.2) is 11.5 Å². The average Bonchev–Trinajstić information content (AvgIpc) is 3.27. The molecule has 0 aromatic heterocycles. The van der Waals surface area contributed by atoms with E-state index in [1.54, 1.807) is 6.08 Å². The standard InChI is InChI=1S/C18H16Cl2N2O6S3/c19-12-9-14(15(10-13(12)20)22-31(25,26)18-2-1-7-29-18)21-30(23,24)11-3-4-16-17(8-11)28-6-5-27-16/h2-4,8-10,21-22H,1,5-7H2. The van der Waals surface area contributed by atoms with Gasteiger partial charge in [-0.05, 0) is 30.7 Å². The molecule has 0 radical (unpaired) electrons. The van der Waals surface area contributed by atoms with E-state index in [1.165, 1.54) is 42.1 Å². The minimum absolute atomic E-state index is 0.0519. The number of allylic oxidation sites excluding steroid dienone is 1. The average molecular weight is 523 g/mol. The van der Waals surface area contributed by atoms with Crippen molar-refractivity contribution in [1.29, 1.82) is 0 Å². The highest BCUT2D eigenvalue weighted by Crippen LogP contribution is 2.38. The van der Waals surface area contributed by atoms with Crippen molar-refractivity contribution < 1.29 is 26.3 Å². The van der Waals surface area contributed by atoms with Crippen molar-refractivity contribution in [2.75, 3.05) is 28.4 Å². The quantitative estimate of drug-likeness (QED) is 0.581. The predicted molar refractivity (Wildman–Crippen MR) is 122 cm³/mol. The molecule has 31 heavy (non-hydrogen) atoms. The van der Waals surface area contributed by atoms with Gasteiger partial charge in [0.1, 0.15) is 17.5 Å². The molecular weight excluding hydrogens is 507 g/mol. The maximum absolute atomic E-state index is 13.0. The van der Waals surface area contributed by atoms with Crippen molar-refractivity contribution in [1.82, 2.24) is 0 Å². The second kappa shape index (κ2) is 8.62. The summed E-state index contributed by atoms with van der Waals surface area (Å²) in [7, 11) is -8.01. The molecule has 2 N–H and O–H groups in total. The molecule has 166 valence electrons. The molecule has 0 aliphatic carbocycles. The Labute approximate surface area is 194 Å². The number of anilines is 2. The highest BCUT2D eigenvalue weighted by molar-refractivity contribution is 8.19. The molecule has 0 bridgehead atoms. The molecule has 0 saturated carbocycles. The molecule has 2 aromatic rings. The molecule has 2 aliphatic rings. The van der Waals surface area contributed by atoms with Gasteiger partial charge in [-0.2, -0.15) is 0 Å². The molecule has 8 nitrogen and oxygen atoms in total. The number of ether oxygens (including phenoxy) is 2. The van der Waals surface area contributed by atoms with E-state index in [4.69, 9.17) is 32.7 Å². The van der Waals surface area contributed by atoms with Gasteiger partial charge in [-0.3, -0.25) is 9.44 Å². The summed E-state index contributed by atoms with van der Waals surface area (Å²) in [5, 5.41) is 0.119. The number of hydrogen-bond donors (Lipinski definition) is 2. The van der Waals surface area contributed by atoms with Gasteiger partial charge in [-0.1, -0.05) is 29.3 Å². The Morgan fingerprint density at radius 2 is 1.45 bits per heavy atom. The number of thioether (sulfide) groups is 1. The SMILES string of the molecule is O=S(=O)(Nc1cc(Cl)c(Cl)cc1NS(=O)(=O)c1ccc2c(c1)OCCO2)C1=CCCS1. The number of benzene rings is 2. The van der Waals surface area contributed by atoms with Gasteiger partial charge in [0, 0.05) is 11.8 Å². The van der Waals surface area contributed by atoms with Crippen molar-refractivity contribution in [2.45, 2.75) is 11.3 Å². The third-order valence-corrected chi connectivity index (χ3v) is 9.48. The lowest BCUT2D eigenvalue weighted by Gasteiger charge is -2.19. The molecule has 4 rings (SSSR count). The van der Waals surface area contributed by atoms with Gasteiger partial charge in [0.2, 0.25) is 0 Å². The van der Waals surface area contributed by atoms with Crippen LogP contribution >= 0.6 is 35.0 Å². The molecule has 13 heteroatoms. The molecule has 0 atom stereocenters. The van der Waals surface area contributed by atoms with E-state index in [9.17, 15) is 16.8 Å². The molecular formula is C18H16Cl2N2O6S3. The minimum atomic E-state index is -4.12. The number of halogens is 2. The summed E-state index contributed by atoms with van der Waals surface area (Å²) in [6.45, 7) is 0.676. The number of sulfonamides is 2. The van der Waals surface area contributed by atoms with Crippen molar-refractivity contribution in [3.63, 3.8) is 0 Å². The fourth-order valence-corrected chi connectivity index (χ4v) is 6.87. The van der Waals surface area contributed by atoms with Gasteiger partial charge in [-0.15, -0.1) is 11.8 Å². The summed E-state index contributed by atoms with van der Waals surface area (Å²) in [6, 6.07) is 6.68. The first kappa shape index (κ1) is 22.4. The number of nitrogens with one attached hydrogen (secondary N) is 2. The lowest BCUT2D eigenvalue weighted by molar-refractivity contribution is 0.171. The molecule has 2 aromatic carbocycles.